The van der Waals surface area contributed by atoms with Crippen LogP contribution in [0.1, 0.15) is 44.7 Å². The SMILES string of the molecule is CCCc1c(N)nnn1CCCC1CCCO1. The van der Waals surface area contributed by atoms with Crippen molar-refractivity contribution in [2.24, 2.45) is 0 Å². The number of anilines is 1. The van der Waals surface area contributed by atoms with Crippen molar-refractivity contribution in [3.63, 3.8) is 0 Å². The summed E-state index contributed by atoms with van der Waals surface area (Å²) in [6.07, 6.45) is 7.12. The fourth-order valence-electron chi connectivity index (χ4n) is 2.36. The second-order valence-electron chi connectivity index (χ2n) is 4.67. The second-order valence-corrected chi connectivity index (χ2v) is 4.67. The van der Waals surface area contributed by atoms with Crippen LogP contribution in [-0.2, 0) is 17.7 Å². The molecule has 5 heteroatoms. The molecule has 0 aromatic carbocycles. The highest BCUT2D eigenvalue weighted by Crippen LogP contribution is 2.18. The fraction of sp³-hybridized carbons (Fsp3) is 0.833. The number of nitrogens with two attached hydrogens (primary N) is 1. The predicted molar refractivity (Wildman–Crippen MR) is 66.6 cm³/mol. The summed E-state index contributed by atoms with van der Waals surface area (Å²) in [5, 5.41) is 8.04. The average molecular weight is 238 g/mol. The van der Waals surface area contributed by atoms with Crippen LogP contribution in [0.5, 0.6) is 0 Å². The molecule has 17 heavy (non-hydrogen) atoms. The summed E-state index contributed by atoms with van der Waals surface area (Å²) < 4.78 is 7.56. The van der Waals surface area contributed by atoms with Gasteiger partial charge in [0.05, 0.1) is 11.8 Å². The molecule has 0 amide bonds. The zero-order valence-electron chi connectivity index (χ0n) is 10.6. The highest BCUT2D eigenvalue weighted by Gasteiger charge is 2.15. The molecular weight excluding hydrogens is 216 g/mol. The van der Waals surface area contributed by atoms with E-state index in [-0.39, 0.29) is 0 Å². The maximum atomic E-state index is 5.80. The van der Waals surface area contributed by atoms with E-state index in [2.05, 4.69) is 17.2 Å². The maximum absolute atomic E-state index is 5.80. The van der Waals surface area contributed by atoms with Crippen molar-refractivity contribution >= 4 is 5.82 Å². The van der Waals surface area contributed by atoms with Gasteiger partial charge in [-0.2, -0.15) is 0 Å². The molecule has 2 N–H and O–H groups in total. The van der Waals surface area contributed by atoms with E-state index >= 15 is 0 Å². The largest absolute Gasteiger partial charge is 0.381 e. The van der Waals surface area contributed by atoms with Gasteiger partial charge >= 0.3 is 0 Å². The molecule has 1 fully saturated rings. The van der Waals surface area contributed by atoms with Crippen LogP contribution in [0, 0.1) is 0 Å². The van der Waals surface area contributed by atoms with Gasteiger partial charge in [0.25, 0.3) is 0 Å². The van der Waals surface area contributed by atoms with Gasteiger partial charge in [-0.25, -0.2) is 4.68 Å². The molecule has 0 bridgehead atoms. The molecule has 1 atom stereocenters. The van der Waals surface area contributed by atoms with Crippen LogP contribution in [0.25, 0.3) is 0 Å². The van der Waals surface area contributed by atoms with Crippen molar-refractivity contribution in [2.45, 2.75) is 58.1 Å². The van der Waals surface area contributed by atoms with Gasteiger partial charge < -0.3 is 10.5 Å². The second kappa shape index (κ2) is 6.00. The molecule has 1 aliphatic heterocycles. The van der Waals surface area contributed by atoms with Crippen LogP contribution < -0.4 is 5.73 Å². The van der Waals surface area contributed by atoms with Gasteiger partial charge in [-0.1, -0.05) is 18.6 Å². The molecule has 0 aliphatic carbocycles. The number of aryl methyl sites for hydroxylation is 1. The highest BCUT2D eigenvalue weighted by atomic mass is 16.5. The molecule has 1 aromatic rings. The smallest absolute Gasteiger partial charge is 0.169 e. The van der Waals surface area contributed by atoms with Crippen molar-refractivity contribution in [1.82, 2.24) is 15.0 Å². The molecule has 1 unspecified atom stereocenters. The number of ether oxygens (including phenoxy) is 1. The first-order valence-corrected chi connectivity index (χ1v) is 6.60. The van der Waals surface area contributed by atoms with E-state index in [4.69, 9.17) is 10.5 Å². The summed E-state index contributed by atoms with van der Waals surface area (Å²) in [6.45, 7) is 3.98. The molecule has 1 saturated heterocycles. The van der Waals surface area contributed by atoms with Crippen molar-refractivity contribution in [1.29, 1.82) is 0 Å². The zero-order chi connectivity index (χ0) is 12.1. The summed E-state index contributed by atoms with van der Waals surface area (Å²) in [7, 11) is 0. The van der Waals surface area contributed by atoms with Crippen LogP contribution in [0.2, 0.25) is 0 Å². The van der Waals surface area contributed by atoms with E-state index in [1.54, 1.807) is 0 Å². The first kappa shape index (κ1) is 12.4. The van der Waals surface area contributed by atoms with Crippen molar-refractivity contribution in [3.8, 4) is 0 Å². The summed E-state index contributed by atoms with van der Waals surface area (Å²) in [5.41, 5.74) is 6.89. The Kier molecular flexibility index (Phi) is 4.36. The molecule has 0 radical (unpaired) electrons. The Hall–Kier alpha value is -1.10. The Labute approximate surface area is 102 Å². The maximum Gasteiger partial charge on any atom is 0.169 e. The topological polar surface area (TPSA) is 66.0 Å². The third kappa shape index (κ3) is 3.19. The van der Waals surface area contributed by atoms with E-state index < -0.39 is 0 Å². The summed E-state index contributed by atoms with van der Waals surface area (Å²) in [6, 6.07) is 0. The number of nitrogens with zero attached hydrogens (tertiary/aromatic N) is 3. The zero-order valence-corrected chi connectivity index (χ0v) is 10.6. The molecular formula is C12H22N4O. The lowest BCUT2D eigenvalue weighted by Gasteiger charge is -2.10. The lowest BCUT2D eigenvalue weighted by molar-refractivity contribution is 0.101. The first-order chi connectivity index (χ1) is 8.31. The molecule has 1 aromatic heterocycles. The van der Waals surface area contributed by atoms with E-state index in [1.807, 2.05) is 4.68 Å². The minimum Gasteiger partial charge on any atom is -0.381 e. The van der Waals surface area contributed by atoms with E-state index in [9.17, 15) is 0 Å². The van der Waals surface area contributed by atoms with Gasteiger partial charge in [0.15, 0.2) is 5.82 Å². The van der Waals surface area contributed by atoms with Crippen LogP contribution in [0.15, 0.2) is 0 Å². The van der Waals surface area contributed by atoms with Gasteiger partial charge in [-0.05, 0) is 32.1 Å². The monoisotopic (exact) mass is 238 g/mol. The number of rotatable bonds is 6. The van der Waals surface area contributed by atoms with Crippen molar-refractivity contribution < 1.29 is 4.74 Å². The van der Waals surface area contributed by atoms with Crippen LogP contribution in [0.3, 0.4) is 0 Å². The van der Waals surface area contributed by atoms with Gasteiger partial charge in [0.2, 0.25) is 0 Å². The lowest BCUT2D eigenvalue weighted by Crippen LogP contribution is -2.10. The normalized spacial score (nSPS) is 19.9. The molecule has 1 aliphatic rings. The predicted octanol–water partition coefficient (Wildman–Crippen LogP) is 1.77. The van der Waals surface area contributed by atoms with E-state index in [0.29, 0.717) is 11.9 Å². The number of hydrogen-bond acceptors (Lipinski definition) is 4. The van der Waals surface area contributed by atoms with Crippen LogP contribution in [-0.4, -0.2) is 27.7 Å². The van der Waals surface area contributed by atoms with Gasteiger partial charge in [0, 0.05) is 13.2 Å². The lowest BCUT2D eigenvalue weighted by atomic mass is 10.1. The fourth-order valence-corrected chi connectivity index (χ4v) is 2.36. The third-order valence-corrected chi connectivity index (χ3v) is 3.27. The summed E-state index contributed by atoms with van der Waals surface area (Å²) in [5.74, 6) is 0.587. The number of aromatic nitrogens is 3. The Balaban J connectivity index is 1.81. The number of nitrogen functional groups attached to an aromatic ring is 1. The molecule has 5 nitrogen and oxygen atoms in total. The highest BCUT2D eigenvalue weighted by molar-refractivity contribution is 5.32. The Bertz CT molecular complexity index is 344. The van der Waals surface area contributed by atoms with E-state index in [1.165, 1.54) is 12.8 Å². The molecule has 0 spiro atoms. The number of hydrogen-bond donors (Lipinski definition) is 1. The standard InChI is InChI=1S/C12H22N4O/c1-2-5-11-12(13)14-15-16(11)8-3-6-10-7-4-9-17-10/h10H,2-9,13H2,1H3. The van der Waals surface area contributed by atoms with Gasteiger partial charge in [-0.15, -0.1) is 5.10 Å². The first-order valence-electron chi connectivity index (χ1n) is 6.60. The third-order valence-electron chi connectivity index (χ3n) is 3.27. The quantitative estimate of drug-likeness (QED) is 0.820. The summed E-state index contributed by atoms with van der Waals surface area (Å²) >= 11 is 0. The van der Waals surface area contributed by atoms with Crippen molar-refractivity contribution in [2.75, 3.05) is 12.3 Å². The minimum atomic E-state index is 0.463. The van der Waals surface area contributed by atoms with Gasteiger partial charge in [0.1, 0.15) is 0 Å². The Morgan fingerprint density at radius 2 is 2.41 bits per heavy atom. The molecule has 96 valence electrons. The van der Waals surface area contributed by atoms with Crippen LogP contribution in [0.4, 0.5) is 5.82 Å². The van der Waals surface area contributed by atoms with E-state index in [0.717, 1.165) is 44.5 Å². The molecule has 2 heterocycles. The summed E-state index contributed by atoms with van der Waals surface area (Å²) in [4.78, 5) is 0. The van der Waals surface area contributed by atoms with Gasteiger partial charge in [-0.3, -0.25) is 0 Å². The van der Waals surface area contributed by atoms with Crippen LogP contribution >= 0.6 is 0 Å². The minimum absolute atomic E-state index is 0.463. The molecule has 2 rings (SSSR count). The average Bonchev–Trinajstić information content (AvgIpc) is 2.93. The molecule has 0 saturated carbocycles. The van der Waals surface area contributed by atoms with Crippen molar-refractivity contribution in [3.05, 3.63) is 5.69 Å². The Morgan fingerprint density at radius 1 is 1.53 bits per heavy atom. The Morgan fingerprint density at radius 3 is 3.12 bits per heavy atom.